The molecule has 3 heterocycles. The fourth-order valence-electron chi connectivity index (χ4n) is 3.86. The van der Waals surface area contributed by atoms with Crippen LogP contribution in [-0.2, 0) is 4.79 Å². The number of fused-ring (bicyclic) bond motifs is 1. The van der Waals surface area contributed by atoms with Crippen LogP contribution in [0, 0.1) is 13.8 Å². The number of imide groups is 1. The minimum absolute atomic E-state index is 0.0289. The second kappa shape index (κ2) is 7.18. The molecular formula is C20H22N4O4. The molecular weight excluding hydrogens is 360 g/mol. The molecule has 1 aromatic heterocycles. The highest BCUT2D eigenvalue weighted by molar-refractivity contribution is 6.21. The van der Waals surface area contributed by atoms with Gasteiger partial charge >= 0.3 is 0 Å². The molecule has 3 amide bonds. The largest absolute Gasteiger partial charge is 0.342 e. The van der Waals surface area contributed by atoms with Gasteiger partial charge in [-0.3, -0.25) is 19.3 Å². The topological polar surface area (TPSA) is 96.6 Å². The molecule has 2 aliphatic rings. The van der Waals surface area contributed by atoms with Crippen LogP contribution in [0.25, 0.3) is 0 Å². The van der Waals surface area contributed by atoms with Gasteiger partial charge in [0.15, 0.2) is 5.82 Å². The zero-order valence-corrected chi connectivity index (χ0v) is 16.0. The molecule has 8 nitrogen and oxygen atoms in total. The van der Waals surface area contributed by atoms with Crippen molar-refractivity contribution in [3.63, 3.8) is 0 Å². The summed E-state index contributed by atoms with van der Waals surface area (Å²) in [5.74, 6) is 0.444. The summed E-state index contributed by atoms with van der Waals surface area (Å²) >= 11 is 0. The van der Waals surface area contributed by atoms with Gasteiger partial charge in [-0.15, -0.1) is 0 Å². The van der Waals surface area contributed by atoms with E-state index in [0.29, 0.717) is 35.9 Å². The average Bonchev–Trinajstić information content (AvgIpc) is 3.22. The van der Waals surface area contributed by atoms with E-state index in [1.54, 1.807) is 24.0 Å². The van der Waals surface area contributed by atoms with Crippen molar-refractivity contribution in [1.82, 2.24) is 19.9 Å². The van der Waals surface area contributed by atoms with E-state index in [1.807, 2.05) is 13.0 Å². The summed E-state index contributed by atoms with van der Waals surface area (Å²) in [6, 6.07) is 5.21. The maximum Gasteiger partial charge on any atom is 0.261 e. The Labute approximate surface area is 162 Å². The molecule has 1 aromatic carbocycles. The third-order valence-electron chi connectivity index (χ3n) is 5.34. The Balaban J connectivity index is 1.38. The third-order valence-corrected chi connectivity index (χ3v) is 5.34. The van der Waals surface area contributed by atoms with E-state index in [2.05, 4.69) is 10.1 Å². The Morgan fingerprint density at radius 1 is 1.21 bits per heavy atom. The summed E-state index contributed by atoms with van der Waals surface area (Å²) in [7, 11) is 0. The van der Waals surface area contributed by atoms with E-state index in [1.165, 1.54) is 4.90 Å². The zero-order valence-electron chi connectivity index (χ0n) is 16.0. The first-order valence-corrected chi connectivity index (χ1v) is 9.49. The summed E-state index contributed by atoms with van der Waals surface area (Å²) in [4.78, 5) is 44.9. The predicted octanol–water partition coefficient (Wildman–Crippen LogP) is 2.08. The lowest BCUT2D eigenvalue weighted by molar-refractivity contribution is -0.132. The van der Waals surface area contributed by atoms with E-state index >= 15 is 0 Å². The summed E-state index contributed by atoms with van der Waals surface area (Å²) in [5.41, 5.74) is 1.75. The van der Waals surface area contributed by atoms with Gasteiger partial charge in [-0.1, -0.05) is 16.8 Å². The lowest BCUT2D eigenvalue weighted by atomic mass is 9.97. The molecule has 1 saturated heterocycles. The van der Waals surface area contributed by atoms with Gasteiger partial charge in [0.05, 0.1) is 17.0 Å². The fraction of sp³-hybridized carbons (Fsp3) is 0.450. The summed E-state index contributed by atoms with van der Waals surface area (Å²) in [5, 5.41) is 3.82. The van der Waals surface area contributed by atoms with Crippen molar-refractivity contribution >= 4 is 17.7 Å². The van der Waals surface area contributed by atoms with Gasteiger partial charge in [0.1, 0.15) is 0 Å². The van der Waals surface area contributed by atoms with Crippen molar-refractivity contribution in [2.75, 3.05) is 19.6 Å². The smallest absolute Gasteiger partial charge is 0.261 e. The number of hydrogen-bond acceptors (Lipinski definition) is 6. The maximum atomic E-state index is 12.7. The maximum absolute atomic E-state index is 12.7. The van der Waals surface area contributed by atoms with Crippen molar-refractivity contribution < 1.29 is 18.9 Å². The number of aryl methyl sites for hydroxylation is 2. The van der Waals surface area contributed by atoms with Crippen LogP contribution in [0.4, 0.5) is 0 Å². The molecule has 1 atom stereocenters. The summed E-state index contributed by atoms with van der Waals surface area (Å²) < 4.78 is 5.25. The molecule has 4 rings (SSSR count). The van der Waals surface area contributed by atoms with Crippen LogP contribution in [0.3, 0.4) is 0 Å². The lowest BCUT2D eigenvalue weighted by Gasteiger charge is -2.31. The van der Waals surface area contributed by atoms with Crippen molar-refractivity contribution in [2.45, 2.75) is 39.0 Å². The fourth-order valence-corrected chi connectivity index (χ4v) is 3.86. The highest BCUT2D eigenvalue weighted by atomic mass is 16.5. The molecule has 8 heteroatoms. The number of aromatic nitrogens is 2. The first kappa shape index (κ1) is 18.3. The first-order chi connectivity index (χ1) is 13.4. The number of piperidine rings is 1. The molecule has 146 valence electrons. The van der Waals surface area contributed by atoms with Gasteiger partial charge in [-0.2, -0.15) is 4.98 Å². The number of nitrogens with zero attached hydrogens (tertiary/aromatic N) is 4. The van der Waals surface area contributed by atoms with Crippen LogP contribution in [0.15, 0.2) is 22.7 Å². The molecule has 1 unspecified atom stereocenters. The van der Waals surface area contributed by atoms with Crippen molar-refractivity contribution in [3.05, 3.63) is 46.6 Å². The van der Waals surface area contributed by atoms with Crippen molar-refractivity contribution in [2.24, 2.45) is 0 Å². The molecule has 2 aliphatic heterocycles. The minimum atomic E-state index is -0.328. The van der Waals surface area contributed by atoms with E-state index in [9.17, 15) is 14.4 Å². The number of rotatable bonds is 4. The van der Waals surface area contributed by atoms with Crippen molar-refractivity contribution in [3.8, 4) is 0 Å². The number of likely N-dealkylation sites (tertiary alicyclic amines) is 1. The molecule has 1 fully saturated rings. The van der Waals surface area contributed by atoms with Crippen LogP contribution < -0.4 is 0 Å². The molecule has 0 aliphatic carbocycles. The second-order valence-electron chi connectivity index (χ2n) is 7.42. The van der Waals surface area contributed by atoms with E-state index < -0.39 is 0 Å². The lowest BCUT2D eigenvalue weighted by Crippen LogP contribution is -2.41. The zero-order chi connectivity index (χ0) is 19.8. The predicted molar refractivity (Wildman–Crippen MR) is 98.8 cm³/mol. The SMILES string of the molecule is Cc1ccc2c(c1)C(=O)N(CCC(=O)N1CCCC(c3nc(C)no3)C1)C2=O. The first-order valence-electron chi connectivity index (χ1n) is 9.49. The highest BCUT2D eigenvalue weighted by Crippen LogP contribution is 2.27. The normalized spacial score (nSPS) is 19.3. The quantitative estimate of drug-likeness (QED) is 0.751. The minimum Gasteiger partial charge on any atom is -0.342 e. The molecule has 0 bridgehead atoms. The van der Waals surface area contributed by atoms with Crippen molar-refractivity contribution in [1.29, 1.82) is 0 Å². The second-order valence-corrected chi connectivity index (χ2v) is 7.42. The van der Waals surface area contributed by atoms with Gasteiger partial charge in [-0.05, 0) is 38.8 Å². The number of carbonyl (C=O) groups excluding carboxylic acids is 3. The molecule has 28 heavy (non-hydrogen) atoms. The van der Waals surface area contributed by atoms with Gasteiger partial charge < -0.3 is 9.42 Å². The van der Waals surface area contributed by atoms with Crippen LogP contribution in [0.5, 0.6) is 0 Å². The Hall–Kier alpha value is -3.03. The standard InChI is InChI=1S/C20H22N4O4/c1-12-5-6-15-16(10-12)20(27)24(19(15)26)9-7-17(25)23-8-3-4-14(11-23)18-21-13(2)22-28-18/h5-6,10,14H,3-4,7-9,11H2,1-2H3. The Morgan fingerprint density at radius 3 is 2.75 bits per heavy atom. The summed E-state index contributed by atoms with van der Waals surface area (Å²) in [6.07, 6.45) is 1.85. The molecule has 0 N–H and O–H groups in total. The van der Waals surface area contributed by atoms with Crippen LogP contribution in [0.2, 0.25) is 0 Å². The van der Waals surface area contributed by atoms with Crippen LogP contribution in [0.1, 0.15) is 63.2 Å². The molecule has 0 spiro atoms. The van der Waals surface area contributed by atoms with E-state index in [4.69, 9.17) is 4.52 Å². The van der Waals surface area contributed by atoms with Gasteiger partial charge in [-0.25, -0.2) is 0 Å². The number of carbonyl (C=O) groups is 3. The number of benzene rings is 1. The van der Waals surface area contributed by atoms with Gasteiger partial charge in [0.2, 0.25) is 11.8 Å². The molecule has 0 radical (unpaired) electrons. The molecule has 2 aromatic rings. The van der Waals surface area contributed by atoms with Crippen LogP contribution >= 0.6 is 0 Å². The van der Waals surface area contributed by atoms with Crippen LogP contribution in [-0.4, -0.2) is 57.3 Å². The number of amides is 3. The Bertz CT molecular complexity index is 951. The van der Waals surface area contributed by atoms with E-state index in [0.717, 1.165) is 18.4 Å². The Morgan fingerprint density at radius 2 is 2.00 bits per heavy atom. The Kier molecular flexibility index (Phi) is 4.70. The van der Waals surface area contributed by atoms with Gasteiger partial charge in [0, 0.05) is 26.1 Å². The third kappa shape index (κ3) is 3.30. The molecule has 0 saturated carbocycles. The van der Waals surface area contributed by atoms with E-state index in [-0.39, 0.29) is 36.6 Å². The average molecular weight is 382 g/mol. The monoisotopic (exact) mass is 382 g/mol. The number of hydrogen-bond donors (Lipinski definition) is 0. The highest BCUT2D eigenvalue weighted by Gasteiger charge is 2.36. The summed E-state index contributed by atoms with van der Waals surface area (Å²) in [6.45, 7) is 4.90. The van der Waals surface area contributed by atoms with Gasteiger partial charge in [0.25, 0.3) is 11.8 Å².